The highest BCUT2D eigenvalue weighted by Crippen LogP contribution is 2.28. The minimum Gasteiger partial charge on any atom is -0.368 e. The van der Waals surface area contributed by atoms with Crippen molar-refractivity contribution < 1.29 is 19.1 Å². The molecule has 2 amide bonds. The van der Waals surface area contributed by atoms with Crippen LogP contribution >= 0.6 is 11.6 Å². The number of likely N-dealkylation sites (tertiary alicyclic amines) is 1. The number of fused-ring (bicyclic) bond motifs is 1. The van der Waals surface area contributed by atoms with Crippen LogP contribution in [0.5, 0.6) is 0 Å². The zero-order chi connectivity index (χ0) is 23.7. The number of carbonyl (C=O) groups excluding carboxylic acids is 3. The van der Waals surface area contributed by atoms with E-state index in [1.54, 1.807) is 29.4 Å². The smallest absolute Gasteiger partial charge is 0.326 e. The fourth-order valence-electron chi connectivity index (χ4n) is 4.65. The summed E-state index contributed by atoms with van der Waals surface area (Å²) in [7, 11) is 0. The number of benzene rings is 2. The third-order valence-corrected chi connectivity index (χ3v) is 6.63. The molecule has 7 nitrogen and oxygen atoms in total. The lowest BCUT2D eigenvalue weighted by Gasteiger charge is -2.27. The van der Waals surface area contributed by atoms with Crippen molar-refractivity contribution in [2.75, 3.05) is 13.2 Å². The highest BCUT2D eigenvalue weighted by Gasteiger charge is 2.48. The van der Waals surface area contributed by atoms with Crippen molar-refractivity contribution in [2.24, 2.45) is 0 Å². The first-order valence-corrected chi connectivity index (χ1v) is 11.6. The first kappa shape index (κ1) is 22.4. The Labute approximate surface area is 202 Å². The molecule has 0 saturated carbocycles. The highest BCUT2D eigenvalue weighted by atomic mass is 35.5. The van der Waals surface area contributed by atoms with Crippen molar-refractivity contribution in [3.05, 3.63) is 83.6 Å². The van der Waals surface area contributed by atoms with Crippen molar-refractivity contribution in [1.82, 2.24) is 14.8 Å². The molecular weight excluding hydrogens is 454 g/mol. The lowest BCUT2D eigenvalue weighted by molar-refractivity contribution is -0.138. The molecule has 0 radical (unpaired) electrons. The minimum atomic E-state index is -0.844. The van der Waals surface area contributed by atoms with Gasteiger partial charge in [-0.25, -0.2) is 4.79 Å². The second-order valence-corrected chi connectivity index (χ2v) is 9.02. The summed E-state index contributed by atoms with van der Waals surface area (Å²) in [6, 6.07) is 16.9. The van der Waals surface area contributed by atoms with Gasteiger partial charge in [0.05, 0.1) is 6.10 Å². The molecule has 3 atom stereocenters. The van der Waals surface area contributed by atoms with Crippen molar-refractivity contribution in [3.8, 4) is 11.1 Å². The molecule has 2 fully saturated rings. The van der Waals surface area contributed by atoms with E-state index < -0.39 is 18.1 Å². The number of nitrogens with zero attached hydrogens (tertiary/aromatic N) is 2. The van der Waals surface area contributed by atoms with Crippen LogP contribution < -0.4 is 5.32 Å². The SMILES string of the molecule is O=C1COC2CCN(C(=O)C(Cc3ccc(Cl)cc3)NC(=O)n3ccc(-c4ccccc4)c3)C12. The second kappa shape index (κ2) is 9.44. The average Bonchev–Trinajstić information content (AvgIpc) is 3.58. The molecule has 0 aliphatic carbocycles. The van der Waals surface area contributed by atoms with Gasteiger partial charge in [0.2, 0.25) is 5.91 Å². The molecule has 1 aromatic heterocycles. The average molecular weight is 478 g/mol. The fourth-order valence-corrected chi connectivity index (χ4v) is 4.77. The molecule has 8 heteroatoms. The quantitative estimate of drug-likeness (QED) is 0.609. The summed E-state index contributed by atoms with van der Waals surface area (Å²) >= 11 is 6.01. The van der Waals surface area contributed by atoms with Crippen LogP contribution in [0.1, 0.15) is 12.0 Å². The van der Waals surface area contributed by atoms with Gasteiger partial charge in [0.15, 0.2) is 5.78 Å². The number of Topliss-reactive ketones (excluding diaryl/α,β-unsaturated/α-hetero) is 1. The molecule has 2 saturated heterocycles. The predicted molar refractivity (Wildman–Crippen MR) is 128 cm³/mol. The molecule has 2 aliphatic heterocycles. The highest BCUT2D eigenvalue weighted by molar-refractivity contribution is 6.30. The van der Waals surface area contributed by atoms with Gasteiger partial charge in [-0.2, -0.15) is 0 Å². The molecule has 3 unspecified atom stereocenters. The topological polar surface area (TPSA) is 80.6 Å². The number of carbonyl (C=O) groups is 3. The minimum absolute atomic E-state index is 0.0267. The van der Waals surface area contributed by atoms with Crippen LogP contribution in [-0.2, 0) is 20.7 Å². The molecular formula is C26H24ClN3O4. The fraction of sp³-hybridized carbons (Fsp3) is 0.269. The van der Waals surface area contributed by atoms with E-state index in [9.17, 15) is 14.4 Å². The van der Waals surface area contributed by atoms with Gasteiger partial charge >= 0.3 is 6.03 Å². The van der Waals surface area contributed by atoms with Crippen LogP contribution in [0.3, 0.4) is 0 Å². The van der Waals surface area contributed by atoms with Crippen molar-refractivity contribution >= 4 is 29.3 Å². The third kappa shape index (κ3) is 4.49. The first-order valence-electron chi connectivity index (χ1n) is 11.2. The lowest BCUT2D eigenvalue weighted by atomic mass is 10.0. The second-order valence-electron chi connectivity index (χ2n) is 8.59. The number of hydrogen-bond acceptors (Lipinski definition) is 4. The molecule has 1 N–H and O–H groups in total. The summed E-state index contributed by atoms with van der Waals surface area (Å²) in [5.41, 5.74) is 2.74. The Kier molecular flexibility index (Phi) is 6.22. The zero-order valence-electron chi connectivity index (χ0n) is 18.4. The summed E-state index contributed by atoms with van der Waals surface area (Å²) in [6.07, 6.45) is 4.02. The summed E-state index contributed by atoms with van der Waals surface area (Å²) < 4.78 is 6.96. The molecule has 5 rings (SSSR count). The van der Waals surface area contributed by atoms with Crippen molar-refractivity contribution in [3.63, 3.8) is 0 Å². The van der Waals surface area contributed by atoms with Crippen LogP contribution in [0, 0.1) is 0 Å². The van der Waals surface area contributed by atoms with E-state index in [4.69, 9.17) is 16.3 Å². The van der Waals surface area contributed by atoms with Crippen LogP contribution in [0.25, 0.3) is 11.1 Å². The molecule has 174 valence electrons. The Balaban J connectivity index is 1.37. The number of halogens is 1. The Morgan fingerprint density at radius 2 is 1.82 bits per heavy atom. The van der Waals surface area contributed by atoms with Gasteiger partial charge in [0.25, 0.3) is 0 Å². The van der Waals surface area contributed by atoms with E-state index in [2.05, 4.69) is 5.32 Å². The Morgan fingerprint density at radius 1 is 1.06 bits per heavy atom. The molecule has 2 aromatic carbocycles. The largest absolute Gasteiger partial charge is 0.368 e. The van der Waals surface area contributed by atoms with Crippen molar-refractivity contribution in [2.45, 2.75) is 31.0 Å². The maximum absolute atomic E-state index is 13.6. The number of ketones is 1. The van der Waals surface area contributed by atoms with Crippen LogP contribution in [0.4, 0.5) is 4.79 Å². The van der Waals surface area contributed by atoms with E-state index in [1.165, 1.54) is 4.57 Å². The summed E-state index contributed by atoms with van der Waals surface area (Å²) in [5.74, 6) is -0.379. The molecule has 0 spiro atoms. The number of nitrogens with one attached hydrogen (secondary N) is 1. The van der Waals surface area contributed by atoms with E-state index in [0.29, 0.717) is 18.0 Å². The number of amides is 2. The monoisotopic (exact) mass is 477 g/mol. The van der Waals surface area contributed by atoms with Gasteiger partial charge in [-0.3, -0.25) is 14.2 Å². The standard InChI is InChI=1S/C26H24ClN3O4/c27-20-8-6-17(7-9-20)14-21(25(32)30-13-11-23-24(30)22(31)16-34-23)28-26(33)29-12-10-19(15-29)18-4-2-1-3-5-18/h1-10,12,15,21,23-24H,11,13-14,16H2,(H,28,33). The first-order chi connectivity index (χ1) is 16.5. The normalized spacial score (nSPS) is 20.3. The number of ether oxygens (including phenoxy) is 1. The van der Waals surface area contributed by atoms with Crippen LogP contribution in [0.15, 0.2) is 73.1 Å². The molecule has 34 heavy (non-hydrogen) atoms. The maximum Gasteiger partial charge on any atom is 0.326 e. The van der Waals surface area contributed by atoms with E-state index in [-0.39, 0.29) is 30.8 Å². The number of hydrogen-bond donors (Lipinski definition) is 1. The van der Waals surface area contributed by atoms with E-state index >= 15 is 0 Å². The van der Waals surface area contributed by atoms with E-state index in [1.807, 2.05) is 48.5 Å². The van der Waals surface area contributed by atoms with Gasteiger partial charge in [-0.1, -0.05) is 54.1 Å². The molecule has 3 heterocycles. The number of rotatable bonds is 5. The third-order valence-electron chi connectivity index (χ3n) is 6.38. The van der Waals surface area contributed by atoms with Crippen LogP contribution in [-0.4, -0.2) is 58.5 Å². The Morgan fingerprint density at radius 3 is 2.59 bits per heavy atom. The van der Waals surface area contributed by atoms with Gasteiger partial charge in [-0.15, -0.1) is 0 Å². The summed E-state index contributed by atoms with van der Waals surface area (Å²) in [5, 5.41) is 3.47. The lowest BCUT2D eigenvalue weighted by Crippen LogP contribution is -2.53. The zero-order valence-corrected chi connectivity index (χ0v) is 19.1. The van der Waals surface area contributed by atoms with E-state index in [0.717, 1.165) is 16.7 Å². The number of aromatic nitrogens is 1. The van der Waals surface area contributed by atoms with Crippen molar-refractivity contribution in [1.29, 1.82) is 0 Å². The van der Waals surface area contributed by atoms with Gasteiger partial charge < -0.3 is 15.0 Å². The molecule has 0 bridgehead atoms. The van der Waals surface area contributed by atoms with Gasteiger partial charge in [-0.05, 0) is 41.3 Å². The predicted octanol–water partition coefficient (Wildman–Crippen LogP) is 3.55. The van der Waals surface area contributed by atoms with Crippen LogP contribution in [0.2, 0.25) is 5.02 Å². The summed E-state index contributed by atoms with van der Waals surface area (Å²) in [4.78, 5) is 40.6. The Hall–Kier alpha value is -3.42. The van der Waals surface area contributed by atoms with Gasteiger partial charge in [0.1, 0.15) is 18.7 Å². The summed E-state index contributed by atoms with van der Waals surface area (Å²) in [6.45, 7) is 0.452. The molecule has 2 aliphatic rings. The molecule has 3 aromatic rings. The maximum atomic E-state index is 13.6. The van der Waals surface area contributed by atoms with Gasteiger partial charge in [0, 0.05) is 30.4 Å². The Bertz CT molecular complexity index is 1210.